The summed E-state index contributed by atoms with van der Waals surface area (Å²) < 4.78 is 10.5. The Kier molecular flexibility index (Phi) is 4.29. The van der Waals surface area contributed by atoms with Gasteiger partial charge in [-0.05, 0) is 44.8 Å². The Morgan fingerprint density at radius 3 is 2.22 bits per heavy atom. The lowest BCUT2D eigenvalue weighted by atomic mass is 10.1. The second-order valence-electron chi connectivity index (χ2n) is 4.97. The molecule has 0 spiro atoms. The van der Waals surface area contributed by atoms with Crippen molar-refractivity contribution in [3.63, 3.8) is 0 Å². The Morgan fingerprint density at radius 1 is 1.17 bits per heavy atom. The first-order valence-electron chi connectivity index (χ1n) is 5.67. The average Bonchev–Trinajstić information content (AvgIpc) is 2.26. The zero-order valence-corrected chi connectivity index (χ0v) is 12.4. The monoisotopic (exact) mass is 266 g/mol. The van der Waals surface area contributed by atoms with E-state index in [0.29, 0.717) is 16.9 Å². The summed E-state index contributed by atoms with van der Waals surface area (Å²) in [6, 6.07) is 4.83. The molecular weight excluding hydrogens is 248 g/mol. The maximum atomic E-state index is 11.7. The van der Waals surface area contributed by atoms with E-state index in [2.05, 4.69) is 0 Å². The van der Waals surface area contributed by atoms with Crippen LogP contribution in [0.5, 0.6) is 5.75 Å². The van der Waals surface area contributed by atoms with Crippen LogP contribution in [0, 0.1) is 0 Å². The van der Waals surface area contributed by atoms with Gasteiger partial charge in [0.25, 0.3) is 0 Å². The molecule has 1 aromatic rings. The molecule has 0 heterocycles. The number of carbonyl (C=O) groups is 2. The summed E-state index contributed by atoms with van der Waals surface area (Å²) in [6.07, 6.45) is 0. The van der Waals surface area contributed by atoms with E-state index in [1.165, 1.54) is 20.1 Å². The first-order valence-corrected chi connectivity index (χ1v) is 9.08. The van der Waals surface area contributed by atoms with Crippen LogP contribution in [0.4, 0.5) is 0 Å². The van der Waals surface area contributed by atoms with E-state index in [-0.39, 0.29) is 5.78 Å². The molecule has 0 fully saturated rings. The molecule has 0 saturated carbocycles. The highest BCUT2D eigenvalue weighted by Gasteiger charge is 2.22. The molecule has 0 aliphatic rings. The summed E-state index contributed by atoms with van der Waals surface area (Å²) in [4.78, 5) is 23.0. The number of esters is 1. The van der Waals surface area contributed by atoms with E-state index in [9.17, 15) is 9.59 Å². The lowest BCUT2D eigenvalue weighted by Gasteiger charge is -2.21. The van der Waals surface area contributed by atoms with Gasteiger partial charge in [0.2, 0.25) is 8.32 Å². The molecule has 0 aliphatic carbocycles. The van der Waals surface area contributed by atoms with Crippen molar-refractivity contribution in [1.29, 1.82) is 0 Å². The number of methoxy groups -OCH3 is 1. The van der Waals surface area contributed by atoms with E-state index in [1.807, 2.05) is 19.6 Å². The Bertz CT molecular complexity index is 474. The fraction of sp³-hybridized carbons (Fsp3) is 0.385. The van der Waals surface area contributed by atoms with Crippen molar-refractivity contribution in [3.8, 4) is 5.75 Å². The van der Waals surface area contributed by atoms with Crippen molar-refractivity contribution in [1.82, 2.24) is 0 Å². The number of ether oxygens (including phenoxy) is 1. The van der Waals surface area contributed by atoms with Crippen LogP contribution in [0.2, 0.25) is 19.6 Å². The molecule has 0 aliphatic heterocycles. The van der Waals surface area contributed by atoms with Gasteiger partial charge in [0.05, 0.1) is 7.11 Å². The van der Waals surface area contributed by atoms with Crippen LogP contribution >= 0.6 is 0 Å². The van der Waals surface area contributed by atoms with E-state index in [4.69, 9.17) is 9.16 Å². The summed E-state index contributed by atoms with van der Waals surface area (Å²) in [7, 11) is -0.519. The fourth-order valence-electron chi connectivity index (χ4n) is 1.44. The molecule has 0 amide bonds. The molecule has 0 bridgehead atoms. The number of carbonyl (C=O) groups excluding carboxylic acids is 2. The molecule has 0 aromatic heterocycles. The minimum atomic E-state index is -1.83. The number of Topliss-reactive ketones (excluding diaryl/α,β-unsaturated/α-hetero) is 1. The van der Waals surface area contributed by atoms with Crippen molar-refractivity contribution in [2.75, 3.05) is 7.11 Å². The molecule has 0 N–H and O–H groups in total. The molecule has 0 saturated heterocycles. The fourth-order valence-corrected chi connectivity index (χ4v) is 2.28. The van der Waals surface area contributed by atoms with Gasteiger partial charge in [0.1, 0.15) is 11.3 Å². The molecular formula is C13H18O4Si. The topological polar surface area (TPSA) is 52.6 Å². The van der Waals surface area contributed by atoms with E-state index < -0.39 is 14.3 Å². The Balaban J connectivity index is 3.25. The molecule has 0 unspecified atom stereocenters. The van der Waals surface area contributed by atoms with Crippen molar-refractivity contribution in [2.24, 2.45) is 0 Å². The largest absolute Gasteiger partial charge is 0.544 e. The molecule has 1 aromatic carbocycles. The van der Waals surface area contributed by atoms with Gasteiger partial charge in [0, 0.05) is 5.56 Å². The molecule has 98 valence electrons. The van der Waals surface area contributed by atoms with E-state index in [1.54, 1.807) is 12.1 Å². The number of rotatable bonds is 4. The normalized spacial score (nSPS) is 10.9. The predicted octanol–water partition coefficient (Wildman–Crippen LogP) is 2.89. The summed E-state index contributed by atoms with van der Waals surface area (Å²) in [5.41, 5.74) is 0.769. The lowest BCUT2D eigenvalue weighted by molar-refractivity contribution is 0.0598. The molecule has 18 heavy (non-hydrogen) atoms. The molecule has 0 radical (unpaired) electrons. The highest BCUT2D eigenvalue weighted by molar-refractivity contribution is 6.70. The third-order valence-corrected chi connectivity index (χ3v) is 3.04. The molecule has 0 atom stereocenters. The van der Waals surface area contributed by atoms with Crippen molar-refractivity contribution >= 4 is 20.1 Å². The Morgan fingerprint density at radius 2 is 1.78 bits per heavy atom. The minimum absolute atomic E-state index is 0.0975. The maximum absolute atomic E-state index is 11.7. The van der Waals surface area contributed by atoms with Crippen LogP contribution < -0.4 is 4.43 Å². The smallest absolute Gasteiger partial charge is 0.341 e. The summed E-state index contributed by atoms with van der Waals surface area (Å²) in [5.74, 6) is -0.114. The van der Waals surface area contributed by atoms with Gasteiger partial charge >= 0.3 is 5.97 Å². The number of ketones is 1. The van der Waals surface area contributed by atoms with Gasteiger partial charge in [0.15, 0.2) is 5.78 Å². The van der Waals surface area contributed by atoms with Crippen molar-refractivity contribution in [3.05, 3.63) is 29.3 Å². The Labute approximate surface area is 108 Å². The number of benzene rings is 1. The summed E-state index contributed by atoms with van der Waals surface area (Å²) >= 11 is 0. The van der Waals surface area contributed by atoms with E-state index in [0.717, 1.165) is 0 Å². The third kappa shape index (κ3) is 3.70. The quantitative estimate of drug-likeness (QED) is 0.477. The second-order valence-corrected chi connectivity index (χ2v) is 9.40. The van der Waals surface area contributed by atoms with Crippen LogP contribution in [0.15, 0.2) is 18.2 Å². The standard InChI is InChI=1S/C13H18O4Si/c1-9(14)10-6-7-12(17-18(3,4)5)11(8-10)13(15)16-2/h6-8H,1-5H3. The van der Waals surface area contributed by atoms with Gasteiger partial charge in [-0.2, -0.15) is 0 Å². The maximum Gasteiger partial charge on any atom is 0.341 e. The first kappa shape index (κ1) is 14.4. The second kappa shape index (κ2) is 5.35. The Hall–Kier alpha value is -1.62. The number of hydrogen-bond acceptors (Lipinski definition) is 4. The van der Waals surface area contributed by atoms with E-state index >= 15 is 0 Å². The van der Waals surface area contributed by atoms with Crippen LogP contribution in [-0.2, 0) is 4.74 Å². The predicted molar refractivity (Wildman–Crippen MR) is 71.8 cm³/mol. The highest BCUT2D eigenvalue weighted by Crippen LogP contribution is 2.24. The van der Waals surface area contributed by atoms with Crippen LogP contribution in [0.25, 0.3) is 0 Å². The molecule has 1 rings (SSSR count). The average molecular weight is 266 g/mol. The van der Waals surface area contributed by atoms with Crippen molar-refractivity contribution < 1.29 is 18.8 Å². The van der Waals surface area contributed by atoms with Gasteiger partial charge in [-0.1, -0.05) is 0 Å². The minimum Gasteiger partial charge on any atom is -0.544 e. The first-order chi connectivity index (χ1) is 8.24. The van der Waals surface area contributed by atoms with Gasteiger partial charge in [-0.15, -0.1) is 0 Å². The molecule has 5 heteroatoms. The van der Waals surface area contributed by atoms with Gasteiger partial charge < -0.3 is 9.16 Å². The van der Waals surface area contributed by atoms with Gasteiger partial charge in [-0.25, -0.2) is 4.79 Å². The molecule has 4 nitrogen and oxygen atoms in total. The number of hydrogen-bond donors (Lipinski definition) is 0. The van der Waals surface area contributed by atoms with Crippen LogP contribution in [0.3, 0.4) is 0 Å². The van der Waals surface area contributed by atoms with Gasteiger partial charge in [-0.3, -0.25) is 4.79 Å². The van der Waals surface area contributed by atoms with Crippen LogP contribution in [-0.4, -0.2) is 27.2 Å². The summed E-state index contributed by atoms with van der Waals surface area (Å²) in [5, 5.41) is 0. The lowest BCUT2D eigenvalue weighted by Crippen LogP contribution is -2.30. The van der Waals surface area contributed by atoms with Crippen LogP contribution in [0.1, 0.15) is 27.6 Å². The zero-order chi connectivity index (χ0) is 13.9. The summed E-state index contributed by atoms with van der Waals surface area (Å²) in [6.45, 7) is 7.52. The zero-order valence-electron chi connectivity index (χ0n) is 11.4. The third-order valence-electron chi connectivity index (χ3n) is 2.21. The SMILES string of the molecule is COC(=O)c1cc(C(C)=O)ccc1O[Si](C)(C)C. The van der Waals surface area contributed by atoms with Crippen molar-refractivity contribution in [2.45, 2.75) is 26.6 Å². The highest BCUT2D eigenvalue weighted by atomic mass is 28.4.